The van der Waals surface area contributed by atoms with Crippen molar-refractivity contribution < 1.29 is 14.3 Å². The lowest BCUT2D eigenvalue weighted by Crippen LogP contribution is -2.46. The molecular formula is C33H43N3O3S. The van der Waals surface area contributed by atoms with Crippen LogP contribution in [0.2, 0.25) is 0 Å². The first-order valence-electron chi connectivity index (χ1n) is 15.2. The van der Waals surface area contributed by atoms with Crippen LogP contribution in [-0.4, -0.2) is 56.0 Å². The van der Waals surface area contributed by atoms with Gasteiger partial charge in [0.15, 0.2) is 0 Å². The molecule has 2 aliphatic rings. The smallest absolute Gasteiger partial charge is 0.234 e. The standard InChI is InChI=1S/C33H43N3O3S/c1-2-3-4-5-6-12-32(37)36-30-25-27(15-13-26(30)14-16-33(36)38)39-23-8-7-18-34-19-21-35(22-20-34)29-10-9-11-31-28(29)17-24-40-31/h9-11,13,15,17,24-25H,2-8,12,14,16,18-23H2,1H3. The van der Waals surface area contributed by atoms with Crippen molar-refractivity contribution in [2.24, 2.45) is 0 Å². The second-order valence-corrected chi connectivity index (χ2v) is 12.0. The van der Waals surface area contributed by atoms with E-state index in [9.17, 15) is 9.59 Å². The summed E-state index contributed by atoms with van der Waals surface area (Å²) in [5, 5.41) is 3.56. The minimum absolute atomic E-state index is 0.0771. The topological polar surface area (TPSA) is 53.1 Å². The zero-order valence-corrected chi connectivity index (χ0v) is 24.7. The summed E-state index contributed by atoms with van der Waals surface area (Å²) in [7, 11) is 0. The highest BCUT2D eigenvalue weighted by molar-refractivity contribution is 7.17. The summed E-state index contributed by atoms with van der Waals surface area (Å²) in [6, 6.07) is 14.8. The number of nitrogens with zero attached hydrogens (tertiary/aromatic N) is 3. The maximum absolute atomic E-state index is 13.0. The Bertz CT molecular complexity index is 1280. The van der Waals surface area contributed by atoms with Gasteiger partial charge in [-0.1, -0.05) is 44.7 Å². The molecule has 0 saturated carbocycles. The van der Waals surface area contributed by atoms with Gasteiger partial charge in [0.25, 0.3) is 0 Å². The number of piperazine rings is 1. The first-order chi connectivity index (χ1) is 19.6. The summed E-state index contributed by atoms with van der Waals surface area (Å²) in [5.41, 5.74) is 3.15. The van der Waals surface area contributed by atoms with Crippen LogP contribution in [0.5, 0.6) is 5.75 Å². The van der Waals surface area contributed by atoms with Gasteiger partial charge in [-0.25, -0.2) is 0 Å². The van der Waals surface area contributed by atoms with E-state index in [1.165, 1.54) is 33.5 Å². The number of anilines is 2. The highest BCUT2D eigenvalue weighted by Gasteiger charge is 2.29. The molecule has 2 aromatic carbocycles. The molecule has 0 unspecified atom stereocenters. The lowest BCUT2D eigenvalue weighted by molar-refractivity contribution is -0.126. The van der Waals surface area contributed by atoms with Crippen molar-refractivity contribution >= 4 is 44.6 Å². The number of hydrogen-bond donors (Lipinski definition) is 0. The number of hydrogen-bond acceptors (Lipinski definition) is 6. The van der Waals surface area contributed by atoms with E-state index in [2.05, 4.69) is 46.4 Å². The summed E-state index contributed by atoms with van der Waals surface area (Å²) in [6.45, 7) is 8.20. The largest absolute Gasteiger partial charge is 0.494 e. The molecule has 1 saturated heterocycles. The van der Waals surface area contributed by atoms with E-state index in [0.717, 1.165) is 81.8 Å². The Labute approximate surface area is 242 Å². The summed E-state index contributed by atoms with van der Waals surface area (Å²) in [6.07, 6.45) is 8.98. The molecule has 0 atom stereocenters. The molecule has 40 heavy (non-hydrogen) atoms. The Hall–Kier alpha value is -2.90. The predicted octanol–water partition coefficient (Wildman–Crippen LogP) is 7.05. The summed E-state index contributed by atoms with van der Waals surface area (Å²) >= 11 is 1.81. The highest BCUT2D eigenvalue weighted by Crippen LogP contribution is 2.33. The zero-order valence-electron chi connectivity index (χ0n) is 23.9. The van der Waals surface area contributed by atoms with Gasteiger partial charge in [0.1, 0.15) is 5.75 Å². The number of unbranched alkanes of at least 4 members (excludes halogenated alkanes) is 5. The quantitative estimate of drug-likeness (QED) is 0.209. The van der Waals surface area contributed by atoms with Crippen LogP contribution in [0.1, 0.15) is 70.3 Å². The molecule has 0 bridgehead atoms. The van der Waals surface area contributed by atoms with Crippen LogP contribution in [0.4, 0.5) is 11.4 Å². The molecule has 3 heterocycles. The second kappa shape index (κ2) is 14.1. The molecule has 1 fully saturated rings. The summed E-state index contributed by atoms with van der Waals surface area (Å²) in [4.78, 5) is 32.2. The van der Waals surface area contributed by atoms with Crippen molar-refractivity contribution in [2.45, 2.75) is 71.1 Å². The molecule has 214 valence electrons. The van der Waals surface area contributed by atoms with Gasteiger partial charge < -0.3 is 9.64 Å². The van der Waals surface area contributed by atoms with Crippen molar-refractivity contribution in [2.75, 3.05) is 49.1 Å². The summed E-state index contributed by atoms with van der Waals surface area (Å²) < 4.78 is 7.45. The second-order valence-electron chi connectivity index (χ2n) is 11.1. The number of aryl methyl sites for hydroxylation is 1. The third-order valence-electron chi connectivity index (χ3n) is 8.22. The average molecular weight is 562 g/mol. The van der Waals surface area contributed by atoms with Crippen LogP contribution in [-0.2, 0) is 16.0 Å². The SMILES string of the molecule is CCCCCCCC(=O)N1C(=O)CCc2ccc(OCCCCN3CCN(c4cccc5sccc45)CC3)cc21. The Morgan fingerprint density at radius 3 is 2.60 bits per heavy atom. The monoisotopic (exact) mass is 561 g/mol. The number of imide groups is 1. The fourth-order valence-corrected chi connectivity index (χ4v) is 6.71. The molecule has 0 radical (unpaired) electrons. The van der Waals surface area contributed by atoms with E-state index < -0.39 is 0 Å². The van der Waals surface area contributed by atoms with Gasteiger partial charge in [-0.15, -0.1) is 11.3 Å². The molecule has 5 rings (SSSR count). The van der Waals surface area contributed by atoms with Crippen LogP contribution in [0.15, 0.2) is 47.8 Å². The Kier molecular flexibility index (Phi) is 10.1. The van der Waals surface area contributed by atoms with Crippen molar-refractivity contribution in [3.8, 4) is 5.75 Å². The first-order valence-corrected chi connectivity index (χ1v) is 16.1. The van der Waals surface area contributed by atoms with Gasteiger partial charge in [0.2, 0.25) is 11.8 Å². The maximum Gasteiger partial charge on any atom is 0.234 e. The van der Waals surface area contributed by atoms with E-state index in [-0.39, 0.29) is 11.8 Å². The molecule has 3 aromatic rings. The lowest BCUT2D eigenvalue weighted by Gasteiger charge is -2.36. The number of ether oxygens (including phenoxy) is 1. The van der Waals surface area contributed by atoms with Gasteiger partial charge in [-0.2, -0.15) is 0 Å². The minimum atomic E-state index is -0.0877. The lowest BCUT2D eigenvalue weighted by atomic mass is 10.00. The van der Waals surface area contributed by atoms with E-state index in [1.54, 1.807) is 0 Å². The first kappa shape index (κ1) is 28.6. The van der Waals surface area contributed by atoms with Crippen molar-refractivity contribution in [1.29, 1.82) is 0 Å². The number of carbonyl (C=O) groups excluding carboxylic acids is 2. The van der Waals surface area contributed by atoms with Crippen LogP contribution < -0.4 is 14.5 Å². The number of rotatable bonds is 13. The van der Waals surface area contributed by atoms with Crippen molar-refractivity contribution in [1.82, 2.24) is 4.90 Å². The molecule has 2 aliphatic heterocycles. The van der Waals surface area contributed by atoms with E-state index in [0.29, 0.717) is 25.9 Å². The van der Waals surface area contributed by atoms with Crippen LogP contribution in [0.3, 0.4) is 0 Å². The molecule has 6 nitrogen and oxygen atoms in total. The summed E-state index contributed by atoms with van der Waals surface area (Å²) in [5.74, 6) is 0.576. The zero-order chi connectivity index (χ0) is 27.7. The third-order valence-corrected chi connectivity index (χ3v) is 9.10. The Balaban J connectivity index is 1.05. The third kappa shape index (κ3) is 7.05. The van der Waals surface area contributed by atoms with Gasteiger partial charge in [0.05, 0.1) is 12.3 Å². The molecule has 7 heteroatoms. The molecule has 2 amide bonds. The number of carbonyl (C=O) groups is 2. The Morgan fingerprint density at radius 2 is 1.75 bits per heavy atom. The minimum Gasteiger partial charge on any atom is -0.494 e. The van der Waals surface area contributed by atoms with E-state index >= 15 is 0 Å². The molecule has 0 aliphatic carbocycles. The fraction of sp³-hybridized carbons (Fsp3) is 0.515. The Morgan fingerprint density at radius 1 is 0.900 bits per heavy atom. The van der Waals surface area contributed by atoms with Gasteiger partial charge >= 0.3 is 0 Å². The van der Waals surface area contributed by atoms with Crippen LogP contribution >= 0.6 is 11.3 Å². The van der Waals surface area contributed by atoms with E-state index in [1.807, 2.05) is 29.5 Å². The molecule has 1 aromatic heterocycles. The number of benzene rings is 2. The number of fused-ring (bicyclic) bond motifs is 2. The normalized spacial score (nSPS) is 16.0. The van der Waals surface area contributed by atoms with Crippen molar-refractivity contribution in [3.05, 3.63) is 53.4 Å². The molecular weight excluding hydrogens is 518 g/mol. The molecule has 0 N–H and O–H groups in total. The molecule has 0 spiro atoms. The predicted molar refractivity (Wildman–Crippen MR) is 166 cm³/mol. The van der Waals surface area contributed by atoms with Crippen LogP contribution in [0.25, 0.3) is 10.1 Å². The van der Waals surface area contributed by atoms with Crippen LogP contribution in [0, 0.1) is 0 Å². The van der Waals surface area contributed by atoms with Gasteiger partial charge in [-0.3, -0.25) is 19.4 Å². The average Bonchev–Trinajstić information content (AvgIpc) is 3.46. The van der Waals surface area contributed by atoms with Gasteiger partial charge in [0, 0.05) is 60.9 Å². The fourth-order valence-electron chi connectivity index (χ4n) is 5.90. The van der Waals surface area contributed by atoms with E-state index in [4.69, 9.17) is 4.74 Å². The highest BCUT2D eigenvalue weighted by atomic mass is 32.1. The number of thiophene rings is 1. The maximum atomic E-state index is 13.0. The van der Waals surface area contributed by atoms with Gasteiger partial charge in [-0.05, 0) is 67.4 Å². The van der Waals surface area contributed by atoms with Crippen molar-refractivity contribution in [3.63, 3.8) is 0 Å². The number of amides is 2.